The lowest BCUT2D eigenvalue weighted by Gasteiger charge is -2.21. The SMILES string of the molecule is CN1C(=O)[C@@H](NC(=O)NCc2ccccc2F)N=C(c2ccccc2)c2ccccc21. The van der Waals surface area contributed by atoms with E-state index in [9.17, 15) is 14.0 Å². The van der Waals surface area contributed by atoms with Crippen molar-refractivity contribution < 1.29 is 14.0 Å². The van der Waals surface area contributed by atoms with Gasteiger partial charge in [-0.15, -0.1) is 0 Å². The van der Waals surface area contributed by atoms with Crippen LogP contribution in [-0.4, -0.2) is 30.9 Å². The molecule has 0 radical (unpaired) electrons. The van der Waals surface area contributed by atoms with Gasteiger partial charge in [-0.3, -0.25) is 4.79 Å². The van der Waals surface area contributed by atoms with E-state index in [4.69, 9.17) is 0 Å². The molecular formula is C24H21FN4O2. The number of halogens is 1. The maximum Gasteiger partial charge on any atom is 0.317 e. The molecule has 0 saturated heterocycles. The summed E-state index contributed by atoms with van der Waals surface area (Å²) >= 11 is 0. The van der Waals surface area contributed by atoms with Gasteiger partial charge in [0.15, 0.2) is 0 Å². The molecule has 156 valence electrons. The third kappa shape index (κ3) is 4.30. The number of carbonyl (C=O) groups excluding carboxylic acids is 2. The molecule has 31 heavy (non-hydrogen) atoms. The number of anilines is 1. The zero-order valence-corrected chi connectivity index (χ0v) is 16.9. The molecule has 3 amide bonds. The predicted octanol–water partition coefficient (Wildman–Crippen LogP) is 3.47. The summed E-state index contributed by atoms with van der Waals surface area (Å²) in [6.07, 6.45) is -1.13. The normalized spacial score (nSPS) is 15.5. The fourth-order valence-electron chi connectivity index (χ4n) is 3.43. The molecule has 0 saturated carbocycles. The van der Waals surface area contributed by atoms with Gasteiger partial charge in [0.1, 0.15) is 5.82 Å². The highest BCUT2D eigenvalue weighted by molar-refractivity contribution is 6.20. The molecule has 7 heteroatoms. The highest BCUT2D eigenvalue weighted by Crippen LogP contribution is 2.27. The van der Waals surface area contributed by atoms with Crippen LogP contribution in [0.25, 0.3) is 0 Å². The van der Waals surface area contributed by atoms with Crippen LogP contribution in [0.1, 0.15) is 16.7 Å². The molecule has 0 spiro atoms. The van der Waals surface area contributed by atoms with Crippen LogP contribution in [0.2, 0.25) is 0 Å². The highest BCUT2D eigenvalue weighted by atomic mass is 19.1. The van der Waals surface area contributed by atoms with Gasteiger partial charge in [0.2, 0.25) is 6.17 Å². The van der Waals surface area contributed by atoms with E-state index < -0.39 is 18.0 Å². The second-order valence-electron chi connectivity index (χ2n) is 7.08. The number of urea groups is 1. The van der Waals surface area contributed by atoms with Crippen molar-refractivity contribution in [1.29, 1.82) is 0 Å². The largest absolute Gasteiger partial charge is 0.334 e. The molecule has 0 fully saturated rings. The van der Waals surface area contributed by atoms with E-state index in [1.54, 1.807) is 25.2 Å². The molecule has 1 atom stereocenters. The fourth-order valence-corrected chi connectivity index (χ4v) is 3.43. The molecule has 3 aromatic rings. The molecule has 0 unspecified atom stereocenters. The Morgan fingerprint density at radius 1 is 1.00 bits per heavy atom. The standard InChI is InChI=1S/C24H21FN4O2/c1-29-20-14-8-6-12-18(20)21(16-9-3-2-4-10-16)27-22(23(29)30)28-24(31)26-15-17-11-5-7-13-19(17)25/h2-14,22H,15H2,1H3,(H2,26,28,31)/t22-/m1/s1. The highest BCUT2D eigenvalue weighted by Gasteiger charge is 2.30. The van der Waals surface area contributed by atoms with Crippen LogP contribution in [0.5, 0.6) is 0 Å². The average Bonchev–Trinajstić information content (AvgIpc) is 2.90. The van der Waals surface area contributed by atoms with Gasteiger partial charge in [0.25, 0.3) is 5.91 Å². The molecule has 0 aliphatic carbocycles. The Bertz CT molecular complexity index is 1150. The second-order valence-corrected chi connectivity index (χ2v) is 7.08. The molecule has 3 aromatic carbocycles. The summed E-state index contributed by atoms with van der Waals surface area (Å²) in [7, 11) is 1.65. The number of aliphatic imine (C=N–C) groups is 1. The Kier molecular flexibility index (Phi) is 5.75. The van der Waals surface area contributed by atoms with Crippen molar-refractivity contribution in [3.05, 3.63) is 101 Å². The lowest BCUT2D eigenvalue weighted by Crippen LogP contribution is -2.49. The van der Waals surface area contributed by atoms with Crippen molar-refractivity contribution in [2.45, 2.75) is 12.7 Å². The van der Waals surface area contributed by atoms with Crippen LogP contribution in [-0.2, 0) is 11.3 Å². The van der Waals surface area contributed by atoms with E-state index in [0.29, 0.717) is 17.0 Å². The predicted molar refractivity (Wildman–Crippen MR) is 117 cm³/mol. The van der Waals surface area contributed by atoms with E-state index in [0.717, 1.165) is 11.1 Å². The number of amides is 3. The number of nitrogens with zero attached hydrogens (tertiary/aromatic N) is 2. The number of likely N-dealkylation sites (N-methyl/N-ethyl adjacent to an activating group) is 1. The van der Waals surface area contributed by atoms with E-state index in [2.05, 4.69) is 15.6 Å². The van der Waals surface area contributed by atoms with Gasteiger partial charge >= 0.3 is 6.03 Å². The van der Waals surface area contributed by atoms with Gasteiger partial charge < -0.3 is 15.5 Å². The number of nitrogens with one attached hydrogen (secondary N) is 2. The molecule has 0 aromatic heterocycles. The number of fused-ring (bicyclic) bond motifs is 1. The van der Waals surface area contributed by atoms with Gasteiger partial charge in [-0.25, -0.2) is 14.2 Å². The fraction of sp³-hybridized carbons (Fsp3) is 0.125. The van der Waals surface area contributed by atoms with Crippen molar-refractivity contribution in [1.82, 2.24) is 10.6 Å². The van der Waals surface area contributed by atoms with Crippen molar-refractivity contribution in [3.8, 4) is 0 Å². The summed E-state index contributed by atoms with van der Waals surface area (Å²) in [6.45, 7) is -0.00919. The van der Waals surface area contributed by atoms with Crippen LogP contribution in [0.15, 0.2) is 83.9 Å². The number of hydrogen-bond acceptors (Lipinski definition) is 3. The summed E-state index contributed by atoms with van der Waals surface area (Å²) in [5.41, 5.74) is 3.28. The summed E-state index contributed by atoms with van der Waals surface area (Å²) in [4.78, 5) is 31.7. The van der Waals surface area contributed by atoms with Crippen molar-refractivity contribution in [3.63, 3.8) is 0 Å². The Labute approximate surface area is 179 Å². The van der Waals surface area contributed by atoms with Gasteiger partial charge in [-0.05, 0) is 12.1 Å². The Balaban J connectivity index is 1.62. The summed E-state index contributed by atoms with van der Waals surface area (Å²) in [5, 5.41) is 5.20. The molecule has 4 rings (SSSR count). The number of carbonyl (C=O) groups is 2. The minimum absolute atomic E-state index is 0.00919. The Morgan fingerprint density at radius 2 is 1.68 bits per heavy atom. The minimum atomic E-state index is -1.13. The van der Waals surface area contributed by atoms with E-state index in [1.807, 2.05) is 54.6 Å². The number of benzene rings is 3. The van der Waals surface area contributed by atoms with E-state index >= 15 is 0 Å². The maximum absolute atomic E-state index is 13.8. The summed E-state index contributed by atoms with van der Waals surface area (Å²) < 4.78 is 13.8. The van der Waals surface area contributed by atoms with Crippen LogP contribution in [0.4, 0.5) is 14.9 Å². The van der Waals surface area contributed by atoms with Crippen molar-refractivity contribution in [2.24, 2.45) is 4.99 Å². The molecule has 0 bridgehead atoms. The number of hydrogen-bond donors (Lipinski definition) is 2. The first-order valence-electron chi connectivity index (χ1n) is 9.82. The Morgan fingerprint density at radius 3 is 2.45 bits per heavy atom. The van der Waals surface area contributed by atoms with Gasteiger partial charge in [-0.2, -0.15) is 0 Å². The smallest absolute Gasteiger partial charge is 0.317 e. The first-order valence-corrected chi connectivity index (χ1v) is 9.82. The van der Waals surface area contributed by atoms with Crippen LogP contribution in [0, 0.1) is 5.82 Å². The lowest BCUT2D eigenvalue weighted by molar-refractivity contribution is -0.119. The zero-order chi connectivity index (χ0) is 21.8. The van der Waals surface area contributed by atoms with Crippen molar-refractivity contribution in [2.75, 3.05) is 11.9 Å². The summed E-state index contributed by atoms with van der Waals surface area (Å²) in [6, 6.07) is 22.5. The first-order chi connectivity index (χ1) is 15.0. The monoisotopic (exact) mass is 416 g/mol. The molecule has 6 nitrogen and oxygen atoms in total. The minimum Gasteiger partial charge on any atom is -0.334 e. The topological polar surface area (TPSA) is 73.8 Å². The third-order valence-electron chi connectivity index (χ3n) is 5.06. The lowest BCUT2D eigenvalue weighted by atomic mass is 10.0. The zero-order valence-electron chi connectivity index (χ0n) is 16.9. The second kappa shape index (κ2) is 8.79. The van der Waals surface area contributed by atoms with Gasteiger partial charge in [0.05, 0.1) is 11.4 Å². The van der Waals surface area contributed by atoms with Crippen LogP contribution < -0.4 is 15.5 Å². The van der Waals surface area contributed by atoms with Crippen molar-refractivity contribution >= 4 is 23.3 Å². The first kappa shape index (κ1) is 20.3. The molecule has 1 aliphatic heterocycles. The molecular weight excluding hydrogens is 395 g/mol. The maximum atomic E-state index is 13.8. The van der Waals surface area contributed by atoms with Gasteiger partial charge in [-0.1, -0.05) is 66.7 Å². The molecule has 1 heterocycles. The molecule has 1 aliphatic rings. The molecule has 2 N–H and O–H groups in total. The average molecular weight is 416 g/mol. The third-order valence-corrected chi connectivity index (χ3v) is 5.06. The quantitative estimate of drug-likeness (QED) is 0.684. The van der Waals surface area contributed by atoms with E-state index in [1.165, 1.54) is 11.0 Å². The van der Waals surface area contributed by atoms with E-state index in [-0.39, 0.29) is 12.5 Å². The van der Waals surface area contributed by atoms with Gasteiger partial charge in [0, 0.05) is 30.3 Å². The number of rotatable bonds is 4. The number of para-hydroxylation sites is 1. The van der Waals surface area contributed by atoms with Crippen LogP contribution >= 0.6 is 0 Å². The van der Waals surface area contributed by atoms with Crippen LogP contribution in [0.3, 0.4) is 0 Å². The number of benzodiazepines with no additional fused rings is 1. The Hall–Kier alpha value is -4.00. The summed E-state index contributed by atoms with van der Waals surface area (Å²) in [5.74, 6) is -0.785.